The summed E-state index contributed by atoms with van der Waals surface area (Å²) in [4.78, 5) is 14.2. The van der Waals surface area contributed by atoms with Crippen molar-refractivity contribution in [1.29, 1.82) is 0 Å². The lowest BCUT2D eigenvalue weighted by Crippen LogP contribution is -2.40. The minimum atomic E-state index is -0.0470. The summed E-state index contributed by atoms with van der Waals surface area (Å²) in [6.45, 7) is 11.1. The molecule has 146 valence electrons. The van der Waals surface area contributed by atoms with Gasteiger partial charge < -0.3 is 14.6 Å². The van der Waals surface area contributed by atoms with Gasteiger partial charge in [-0.2, -0.15) is 0 Å². The van der Waals surface area contributed by atoms with E-state index in [4.69, 9.17) is 4.42 Å². The Balaban J connectivity index is 1.79. The van der Waals surface area contributed by atoms with Gasteiger partial charge in [0.1, 0.15) is 5.76 Å². The van der Waals surface area contributed by atoms with Crippen LogP contribution in [0.4, 0.5) is 5.95 Å². The van der Waals surface area contributed by atoms with Crippen LogP contribution in [-0.4, -0.2) is 46.1 Å². The predicted molar refractivity (Wildman–Crippen MR) is 107 cm³/mol. The molecule has 1 amide bonds. The average molecular weight is 390 g/mol. The van der Waals surface area contributed by atoms with Gasteiger partial charge in [0.2, 0.25) is 11.9 Å². The molecule has 0 spiro atoms. The van der Waals surface area contributed by atoms with Crippen LogP contribution in [-0.2, 0) is 11.3 Å². The van der Waals surface area contributed by atoms with E-state index in [1.165, 1.54) is 18.2 Å². The highest BCUT2D eigenvalue weighted by atomic mass is 32.2. The maximum atomic E-state index is 11.9. The number of thioether (sulfide) groups is 1. The number of anilines is 1. The summed E-state index contributed by atoms with van der Waals surface area (Å²) in [6.07, 6.45) is 4.56. The van der Waals surface area contributed by atoms with E-state index in [1.807, 2.05) is 12.1 Å². The van der Waals surface area contributed by atoms with Gasteiger partial charge >= 0.3 is 0 Å². The SMILES string of the molecule is C=CCNC(=O)CSc1nnc(N2C[C@H](C)C[C@@H](C)C2)n1Cc1ccco1. The summed E-state index contributed by atoms with van der Waals surface area (Å²) >= 11 is 1.39. The third kappa shape index (κ3) is 5.15. The van der Waals surface area contributed by atoms with Crippen molar-refractivity contribution in [3.8, 4) is 0 Å². The molecule has 2 aromatic rings. The van der Waals surface area contributed by atoms with E-state index in [1.54, 1.807) is 12.3 Å². The topological polar surface area (TPSA) is 76.2 Å². The molecule has 2 aromatic heterocycles. The minimum absolute atomic E-state index is 0.0470. The summed E-state index contributed by atoms with van der Waals surface area (Å²) in [5, 5.41) is 12.3. The van der Waals surface area contributed by atoms with Gasteiger partial charge in [-0.1, -0.05) is 31.7 Å². The second-order valence-corrected chi connectivity index (χ2v) is 8.12. The monoisotopic (exact) mass is 389 g/mol. The Labute approximate surface area is 164 Å². The molecule has 1 N–H and O–H groups in total. The van der Waals surface area contributed by atoms with E-state index in [-0.39, 0.29) is 11.7 Å². The summed E-state index contributed by atoms with van der Waals surface area (Å²) in [5.74, 6) is 3.16. The zero-order valence-electron chi connectivity index (χ0n) is 15.9. The van der Waals surface area contributed by atoms with E-state index in [0.29, 0.717) is 24.9 Å². The number of nitrogens with zero attached hydrogens (tertiary/aromatic N) is 4. The Hall–Kier alpha value is -2.22. The molecular weight excluding hydrogens is 362 g/mol. The highest BCUT2D eigenvalue weighted by Crippen LogP contribution is 2.28. The van der Waals surface area contributed by atoms with Crippen molar-refractivity contribution < 1.29 is 9.21 Å². The number of hydrogen-bond donors (Lipinski definition) is 1. The molecule has 0 unspecified atom stereocenters. The fourth-order valence-corrected chi connectivity index (χ4v) is 4.27. The number of hydrogen-bond acceptors (Lipinski definition) is 6. The summed E-state index contributed by atoms with van der Waals surface area (Å²) in [5.41, 5.74) is 0. The van der Waals surface area contributed by atoms with Crippen LogP contribution in [0.15, 0.2) is 40.6 Å². The van der Waals surface area contributed by atoms with Crippen LogP contribution in [0.1, 0.15) is 26.0 Å². The minimum Gasteiger partial charge on any atom is -0.467 e. The van der Waals surface area contributed by atoms with Crippen molar-refractivity contribution in [1.82, 2.24) is 20.1 Å². The molecule has 1 saturated heterocycles. The number of rotatable bonds is 8. The highest BCUT2D eigenvalue weighted by Gasteiger charge is 2.27. The third-order valence-corrected chi connectivity index (χ3v) is 5.49. The molecule has 1 fully saturated rings. The number of carbonyl (C=O) groups is 1. The van der Waals surface area contributed by atoms with Crippen molar-refractivity contribution in [2.24, 2.45) is 11.8 Å². The van der Waals surface area contributed by atoms with Crippen molar-refractivity contribution in [3.05, 3.63) is 36.8 Å². The fourth-order valence-electron chi connectivity index (χ4n) is 3.51. The molecule has 0 bridgehead atoms. The van der Waals surface area contributed by atoms with Gasteiger partial charge in [0, 0.05) is 19.6 Å². The van der Waals surface area contributed by atoms with E-state index >= 15 is 0 Å². The van der Waals surface area contributed by atoms with Crippen molar-refractivity contribution in [2.45, 2.75) is 32.0 Å². The largest absolute Gasteiger partial charge is 0.467 e. The number of amides is 1. The maximum absolute atomic E-state index is 11.9. The zero-order valence-corrected chi connectivity index (χ0v) is 16.7. The van der Waals surface area contributed by atoms with Gasteiger partial charge in [0.25, 0.3) is 0 Å². The summed E-state index contributed by atoms with van der Waals surface area (Å²) in [7, 11) is 0. The first-order valence-corrected chi connectivity index (χ1v) is 10.3. The Morgan fingerprint density at radius 1 is 1.41 bits per heavy atom. The van der Waals surface area contributed by atoms with Crippen molar-refractivity contribution in [2.75, 3.05) is 30.3 Å². The van der Waals surface area contributed by atoms with Gasteiger partial charge in [-0.25, -0.2) is 0 Å². The first-order valence-electron chi connectivity index (χ1n) is 9.27. The molecular formula is C19H27N5O2S. The summed E-state index contributed by atoms with van der Waals surface area (Å²) in [6, 6.07) is 3.82. The van der Waals surface area contributed by atoms with Crippen LogP contribution in [0.2, 0.25) is 0 Å². The third-order valence-electron chi connectivity index (χ3n) is 4.52. The molecule has 2 atom stereocenters. The summed E-state index contributed by atoms with van der Waals surface area (Å²) < 4.78 is 7.58. The molecule has 0 aliphatic carbocycles. The molecule has 7 nitrogen and oxygen atoms in total. The van der Waals surface area contributed by atoms with Crippen LogP contribution >= 0.6 is 11.8 Å². The number of nitrogens with one attached hydrogen (secondary N) is 1. The molecule has 8 heteroatoms. The Morgan fingerprint density at radius 2 is 2.19 bits per heavy atom. The molecule has 0 saturated carbocycles. The van der Waals surface area contributed by atoms with Gasteiger partial charge in [-0.15, -0.1) is 16.8 Å². The number of furan rings is 1. The predicted octanol–water partition coefficient (Wildman–Crippen LogP) is 2.80. The average Bonchev–Trinajstić information content (AvgIpc) is 3.28. The van der Waals surface area contributed by atoms with Crippen LogP contribution in [0.25, 0.3) is 0 Å². The van der Waals surface area contributed by atoms with Gasteiger partial charge in [-0.3, -0.25) is 9.36 Å². The molecule has 3 heterocycles. The van der Waals surface area contributed by atoms with Crippen molar-refractivity contribution in [3.63, 3.8) is 0 Å². The maximum Gasteiger partial charge on any atom is 0.230 e. The molecule has 1 aliphatic rings. The highest BCUT2D eigenvalue weighted by molar-refractivity contribution is 7.99. The fraction of sp³-hybridized carbons (Fsp3) is 0.526. The normalized spacial score (nSPS) is 19.9. The Morgan fingerprint density at radius 3 is 2.85 bits per heavy atom. The molecule has 1 aliphatic heterocycles. The number of aromatic nitrogens is 3. The smallest absolute Gasteiger partial charge is 0.230 e. The first kappa shape index (κ1) is 19.5. The molecule has 0 aromatic carbocycles. The lowest BCUT2D eigenvalue weighted by atomic mass is 9.92. The lowest BCUT2D eigenvalue weighted by molar-refractivity contribution is -0.118. The standard InChI is InChI=1S/C19H27N5O2S/c1-4-7-20-17(25)13-27-19-22-21-18(23-10-14(2)9-15(3)11-23)24(19)12-16-6-5-8-26-16/h4-6,8,14-15H,1,7,9-13H2,2-3H3,(H,20,25)/t14-,15-/m1/s1. The second-order valence-electron chi connectivity index (χ2n) is 7.18. The van der Waals surface area contributed by atoms with Crippen LogP contribution in [0, 0.1) is 11.8 Å². The lowest BCUT2D eigenvalue weighted by Gasteiger charge is -2.35. The molecule has 0 radical (unpaired) electrons. The number of carbonyl (C=O) groups excluding carboxylic acids is 1. The molecule has 27 heavy (non-hydrogen) atoms. The quantitative estimate of drug-likeness (QED) is 0.553. The van der Waals surface area contributed by atoms with E-state index in [9.17, 15) is 4.79 Å². The number of piperidine rings is 1. The van der Waals surface area contributed by atoms with Crippen LogP contribution in [0.3, 0.4) is 0 Å². The molecule has 3 rings (SSSR count). The zero-order chi connectivity index (χ0) is 19.2. The van der Waals surface area contributed by atoms with E-state index in [0.717, 1.165) is 30.0 Å². The van der Waals surface area contributed by atoms with Crippen molar-refractivity contribution >= 4 is 23.6 Å². The Bertz CT molecular complexity index is 748. The van der Waals surface area contributed by atoms with E-state index < -0.39 is 0 Å². The van der Waals surface area contributed by atoms with Gasteiger partial charge in [0.05, 0.1) is 18.6 Å². The second kappa shape index (κ2) is 9.12. The van der Waals surface area contributed by atoms with E-state index in [2.05, 4.69) is 45.4 Å². The van der Waals surface area contributed by atoms with Crippen LogP contribution < -0.4 is 10.2 Å². The van der Waals surface area contributed by atoms with Gasteiger partial charge in [0.15, 0.2) is 5.16 Å². The van der Waals surface area contributed by atoms with Gasteiger partial charge in [-0.05, 0) is 30.4 Å². The van der Waals surface area contributed by atoms with Crippen LogP contribution in [0.5, 0.6) is 0 Å². The Kier molecular flexibility index (Phi) is 6.60. The first-order chi connectivity index (χ1) is 13.1.